The van der Waals surface area contributed by atoms with E-state index in [1.165, 1.54) is 0 Å². The van der Waals surface area contributed by atoms with E-state index in [0.29, 0.717) is 25.2 Å². The highest BCUT2D eigenvalue weighted by molar-refractivity contribution is 5.77. The number of rotatable bonds is 9. The Morgan fingerprint density at radius 2 is 1.71 bits per heavy atom. The predicted octanol–water partition coefficient (Wildman–Crippen LogP) is 1.92. The second-order valence-corrected chi connectivity index (χ2v) is 5.65. The monoisotopic (exact) mass is 291 g/mol. The van der Waals surface area contributed by atoms with Crippen LogP contribution in [0.4, 0.5) is 0 Å². The predicted molar refractivity (Wildman–Crippen MR) is 78.1 cm³/mol. The van der Waals surface area contributed by atoms with Crippen molar-refractivity contribution in [1.29, 1.82) is 0 Å². The quantitative estimate of drug-likeness (QED) is 0.647. The number of aliphatic carboxylic acids is 2. The van der Waals surface area contributed by atoms with Crippen LogP contribution in [0.3, 0.4) is 0 Å². The Bertz CT molecular complexity index is 484. The third-order valence-electron chi connectivity index (χ3n) is 3.83. The van der Waals surface area contributed by atoms with E-state index >= 15 is 0 Å². The van der Waals surface area contributed by atoms with Crippen molar-refractivity contribution in [3.63, 3.8) is 0 Å². The third-order valence-corrected chi connectivity index (χ3v) is 3.83. The van der Waals surface area contributed by atoms with E-state index in [1.807, 2.05) is 30.3 Å². The molecule has 1 aromatic carbocycles. The van der Waals surface area contributed by atoms with Gasteiger partial charge in [-0.3, -0.25) is 14.9 Å². The molecular formula is C16H21NO4. The fraction of sp³-hybridized carbons (Fsp3) is 0.500. The van der Waals surface area contributed by atoms with Gasteiger partial charge in [-0.1, -0.05) is 43.2 Å². The van der Waals surface area contributed by atoms with Crippen LogP contribution in [0.25, 0.3) is 0 Å². The van der Waals surface area contributed by atoms with Crippen LogP contribution in [0.5, 0.6) is 0 Å². The molecule has 0 amide bonds. The minimum absolute atomic E-state index is 0.383. The Morgan fingerprint density at radius 3 is 2.24 bits per heavy atom. The van der Waals surface area contributed by atoms with Crippen molar-refractivity contribution in [2.45, 2.75) is 44.2 Å². The first-order valence-electron chi connectivity index (χ1n) is 7.32. The highest BCUT2D eigenvalue weighted by Crippen LogP contribution is 2.33. The lowest BCUT2D eigenvalue weighted by molar-refractivity contribution is -0.142. The van der Waals surface area contributed by atoms with Gasteiger partial charge in [0.15, 0.2) is 0 Å². The summed E-state index contributed by atoms with van der Waals surface area (Å²) in [7, 11) is 0. The number of carboxylic acids is 2. The van der Waals surface area contributed by atoms with Gasteiger partial charge in [0.1, 0.15) is 12.1 Å². The fourth-order valence-corrected chi connectivity index (χ4v) is 2.40. The van der Waals surface area contributed by atoms with Crippen LogP contribution in [-0.4, -0.2) is 34.2 Å². The first-order valence-corrected chi connectivity index (χ1v) is 7.32. The van der Waals surface area contributed by atoms with E-state index in [9.17, 15) is 19.8 Å². The Labute approximate surface area is 124 Å². The zero-order chi connectivity index (χ0) is 15.2. The molecule has 5 nitrogen and oxygen atoms in total. The van der Waals surface area contributed by atoms with Crippen molar-refractivity contribution in [2.75, 3.05) is 0 Å². The largest absolute Gasteiger partial charge is 0.480 e. The molecule has 1 aliphatic rings. The second kappa shape index (κ2) is 7.22. The molecule has 2 atom stereocenters. The maximum Gasteiger partial charge on any atom is 0.320 e. The summed E-state index contributed by atoms with van der Waals surface area (Å²) in [5, 5.41) is 21.3. The lowest BCUT2D eigenvalue weighted by Gasteiger charge is -2.20. The summed E-state index contributed by atoms with van der Waals surface area (Å²) in [6.07, 6.45) is 3.61. The average molecular weight is 291 g/mol. The minimum atomic E-state index is -0.993. The Balaban J connectivity index is 1.90. The SMILES string of the molecule is O=C(O)[C@H](CCc1ccccc1)N[C@@H](CC1CC1)C(=O)O. The van der Waals surface area contributed by atoms with Gasteiger partial charge in [-0.25, -0.2) is 0 Å². The summed E-state index contributed by atoms with van der Waals surface area (Å²) in [5.74, 6) is -1.52. The Kier molecular flexibility index (Phi) is 5.33. The molecule has 0 unspecified atom stereocenters. The molecule has 0 heterocycles. The summed E-state index contributed by atoms with van der Waals surface area (Å²) in [5.41, 5.74) is 1.06. The van der Waals surface area contributed by atoms with Crippen LogP contribution in [0, 0.1) is 5.92 Å². The summed E-state index contributed by atoms with van der Waals surface area (Å²) < 4.78 is 0. The molecule has 0 bridgehead atoms. The van der Waals surface area contributed by atoms with Crippen LogP contribution in [0.15, 0.2) is 30.3 Å². The molecule has 1 fully saturated rings. The first kappa shape index (κ1) is 15.5. The molecule has 114 valence electrons. The number of aryl methyl sites for hydroxylation is 1. The minimum Gasteiger partial charge on any atom is -0.480 e. The Morgan fingerprint density at radius 1 is 1.10 bits per heavy atom. The number of carboxylic acid groups (broad SMARTS) is 2. The number of hydrogen-bond donors (Lipinski definition) is 3. The third kappa shape index (κ3) is 5.19. The lowest BCUT2D eigenvalue weighted by Crippen LogP contribution is -2.47. The first-order chi connectivity index (χ1) is 10.1. The van der Waals surface area contributed by atoms with Gasteiger partial charge >= 0.3 is 11.9 Å². The molecule has 1 saturated carbocycles. The average Bonchev–Trinajstić information content (AvgIpc) is 3.26. The number of nitrogens with one attached hydrogen (secondary N) is 1. The summed E-state index contributed by atoms with van der Waals surface area (Å²) in [4.78, 5) is 22.6. The van der Waals surface area contributed by atoms with Gasteiger partial charge in [0.05, 0.1) is 0 Å². The van der Waals surface area contributed by atoms with Crippen molar-refractivity contribution in [3.05, 3.63) is 35.9 Å². The van der Waals surface area contributed by atoms with E-state index in [2.05, 4.69) is 5.32 Å². The van der Waals surface area contributed by atoms with Crippen molar-refractivity contribution in [3.8, 4) is 0 Å². The highest BCUT2D eigenvalue weighted by atomic mass is 16.4. The molecule has 0 aromatic heterocycles. The van der Waals surface area contributed by atoms with Gasteiger partial charge in [0, 0.05) is 0 Å². The molecule has 0 radical (unpaired) electrons. The van der Waals surface area contributed by atoms with Crippen LogP contribution in [0.2, 0.25) is 0 Å². The number of hydrogen-bond acceptors (Lipinski definition) is 3. The van der Waals surface area contributed by atoms with Crippen LogP contribution >= 0.6 is 0 Å². The number of benzene rings is 1. The zero-order valence-electron chi connectivity index (χ0n) is 11.9. The van der Waals surface area contributed by atoms with Gasteiger partial charge in [0.25, 0.3) is 0 Å². The smallest absolute Gasteiger partial charge is 0.320 e. The highest BCUT2D eigenvalue weighted by Gasteiger charge is 2.32. The zero-order valence-corrected chi connectivity index (χ0v) is 11.9. The molecule has 1 aliphatic carbocycles. The summed E-state index contributed by atoms with van der Waals surface area (Å²) in [6.45, 7) is 0. The summed E-state index contributed by atoms with van der Waals surface area (Å²) in [6, 6.07) is 8.01. The van der Waals surface area contributed by atoms with Crippen molar-refractivity contribution < 1.29 is 19.8 Å². The second-order valence-electron chi connectivity index (χ2n) is 5.65. The molecule has 0 spiro atoms. The summed E-state index contributed by atoms with van der Waals surface area (Å²) >= 11 is 0. The normalized spacial score (nSPS) is 17.1. The van der Waals surface area contributed by atoms with E-state index in [0.717, 1.165) is 18.4 Å². The molecule has 5 heteroatoms. The van der Waals surface area contributed by atoms with Crippen molar-refractivity contribution in [2.24, 2.45) is 5.92 Å². The van der Waals surface area contributed by atoms with Gasteiger partial charge in [-0.05, 0) is 30.7 Å². The van der Waals surface area contributed by atoms with Gasteiger partial charge in [-0.2, -0.15) is 0 Å². The molecule has 21 heavy (non-hydrogen) atoms. The molecular weight excluding hydrogens is 270 g/mol. The Hall–Kier alpha value is -1.88. The standard InChI is InChI=1S/C16H21NO4/c18-15(19)13(9-8-11-4-2-1-3-5-11)17-14(16(20)21)10-12-6-7-12/h1-5,12-14,17H,6-10H2,(H,18,19)(H,20,21)/t13-,14-/m0/s1. The van der Waals surface area contributed by atoms with Gasteiger partial charge in [0.2, 0.25) is 0 Å². The van der Waals surface area contributed by atoms with Crippen LogP contribution < -0.4 is 5.32 Å². The maximum atomic E-state index is 11.3. The molecule has 2 rings (SSSR count). The van der Waals surface area contributed by atoms with E-state index in [1.54, 1.807) is 0 Å². The van der Waals surface area contributed by atoms with Gasteiger partial charge < -0.3 is 10.2 Å². The number of carbonyl (C=O) groups is 2. The molecule has 3 N–H and O–H groups in total. The molecule has 0 aliphatic heterocycles. The molecule has 1 aromatic rings. The van der Waals surface area contributed by atoms with Crippen LogP contribution in [-0.2, 0) is 16.0 Å². The van der Waals surface area contributed by atoms with E-state index in [-0.39, 0.29) is 0 Å². The van der Waals surface area contributed by atoms with Crippen LogP contribution in [0.1, 0.15) is 31.2 Å². The van der Waals surface area contributed by atoms with Gasteiger partial charge in [-0.15, -0.1) is 0 Å². The van der Waals surface area contributed by atoms with E-state index < -0.39 is 24.0 Å². The van der Waals surface area contributed by atoms with E-state index in [4.69, 9.17) is 0 Å². The molecule has 0 saturated heterocycles. The topological polar surface area (TPSA) is 86.6 Å². The fourth-order valence-electron chi connectivity index (χ4n) is 2.40. The van der Waals surface area contributed by atoms with Crippen molar-refractivity contribution in [1.82, 2.24) is 5.32 Å². The van der Waals surface area contributed by atoms with Crippen molar-refractivity contribution >= 4 is 11.9 Å². The lowest BCUT2D eigenvalue weighted by atomic mass is 10.0. The maximum absolute atomic E-state index is 11.3.